The number of benzene rings is 2. The summed E-state index contributed by atoms with van der Waals surface area (Å²) in [7, 11) is 0. The van der Waals surface area contributed by atoms with Crippen molar-refractivity contribution in [3.05, 3.63) is 100 Å². The quantitative estimate of drug-likeness (QED) is 0.316. The monoisotopic (exact) mass is 487 g/mol. The fraction of sp³-hybridized carbons (Fsp3) is 0.115. The average molecular weight is 487 g/mol. The van der Waals surface area contributed by atoms with Crippen LogP contribution in [0.4, 0.5) is 4.39 Å². The summed E-state index contributed by atoms with van der Waals surface area (Å²) in [5.41, 5.74) is 4.64. The number of nitrogens with zero attached hydrogens (tertiary/aromatic N) is 3. The smallest absolute Gasteiger partial charge is 0.290 e. The van der Waals surface area contributed by atoms with Crippen LogP contribution in [-0.2, 0) is 4.79 Å². The van der Waals surface area contributed by atoms with E-state index in [-0.39, 0.29) is 23.0 Å². The molecule has 0 saturated carbocycles. The van der Waals surface area contributed by atoms with Gasteiger partial charge in [0.1, 0.15) is 5.75 Å². The van der Waals surface area contributed by atoms with Gasteiger partial charge in [-0.3, -0.25) is 30.2 Å². The molecule has 0 aliphatic rings. The standard InChI is InChI=1S/C26H22FN5O4/c1-16(2)32-26(35)20-8-4-3-7-19(20)24(31-32)25(34)30-29-23(33)12-10-17-9-11-22(21(27)14-17)36-18-6-5-13-28-15-18/h3-16H,1-2H3,(H,29,33)(H,30,34)/b12-10+. The maximum atomic E-state index is 14.4. The molecular formula is C26H22FN5O4. The van der Waals surface area contributed by atoms with Gasteiger partial charge in [0, 0.05) is 17.7 Å². The molecule has 0 aliphatic carbocycles. The first-order chi connectivity index (χ1) is 17.3. The first-order valence-electron chi connectivity index (χ1n) is 11.0. The van der Waals surface area contributed by atoms with Gasteiger partial charge in [-0.05, 0) is 55.8 Å². The van der Waals surface area contributed by atoms with E-state index < -0.39 is 17.6 Å². The van der Waals surface area contributed by atoms with Crippen LogP contribution in [0, 0.1) is 5.82 Å². The fourth-order valence-corrected chi connectivity index (χ4v) is 3.35. The largest absolute Gasteiger partial charge is 0.453 e. The second-order valence-corrected chi connectivity index (χ2v) is 8.00. The molecule has 0 radical (unpaired) electrons. The molecular weight excluding hydrogens is 465 g/mol. The van der Waals surface area contributed by atoms with Crippen LogP contribution in [-0.4, -0.2) is 26.6 Å². The molecule has 2 aromatic heterocycles. The zero-order valence-electron chi connectivity index (χ0n) is 19.4. The van der Waals surface area contributed by atoms with Crippen molar-refractivity contribution >= 4 is 28.7 Å². The summed E-state index contributed by atoms with van der Waals surface area (Å²) in [6, 6.07) is 13.9. The van der Waals surface area contributed by atoms with Crippen LogP contribution in [0.3, 0.4) is 0 Å². The van der Waals surface area contributed by atoms with Crippen LogP contribution in [0.5, 0.6) is 11.5 Å². The number of carbonyl (C=O) groups is 2. The number of ether oxygens (including phenoxy) is 1. The number of carbonyl (C=O) groups excluding carboxylic acids is 2. The number of hydrogen-bond donors (Lipinski definition) is 2. The molecule has 0 unspecified atom stereocenters. The summed E-state index contributed by atoms with van der Waals surface area (Å²) in [5, 5.41) is 4.89. The first kappa shape index (κ1) is 24.3. The van der Waals surface area contributed by atoms with Crippen molar-refractivity contribution in [2.75, 3.05) is 0 Å². The lowest BCUT2D eigenvalue weighted by molar-refractivity contribution is -0.117. The summed E-state index contributed by atoms with van der Waals surface area (Å²) in [5.74, 6) is -1.56. The van der Waals surface area contributed by atoms with Crippen LogP contribution in [0.15, 0.2) is 77.9 Å². The zero-order chi connectivity index (χ0) is 25.7. The molecule has 2 aromatic carbocycles. The summed E-state index contributed by atoms with van der Waals surface area (Å²) in [6.45, 7) is 3.55. The van der Waals surface area contributed by atoms with Crippen molar-refractivity contribution in [1.82, 2.24) is 25.6 Å². The molecule has 2 heterocycles. The van der Waals surface area contributed by atoms with Gasteiger partial charge in [0.05, 0.1) is 17.6 Å². The molecule has 0 saturated heterocycles. The highest BCUT2D eigenvalue weighted by Gasteiger charge is 2.18. The van der Waals surface area contributed by atoms with Gasteiger partial charge in [-0.15, -0.1) is 0 Å². The Labute approximate surface area is 205 Å². The minimum absolute atomic E-state index is 0.00513. The van der Waals surface area contributed by atoms with E-state index in [1.165, 1.54) is 29.1 Å². The SMILES string of the molecule is CC(C)n1nc(C(=O)NNC(=O)/C=C/c2ccc(Oc3cccnc3)c(F)c2)c2ccccc2c1=O. The Morgan fingerprint density at radius 2 is 1.83 bits per heavy atom. The van der Waals surface area contributed by atoms with Gasteiger partial charge in [-0.2, -0.15) is 5.10 Å². The number of amides is 2. The third kappa shape index (κ3) is 5.44. The van der Waals surface area contributed by atoms with Gasteiger partial charge < -0.3 is 4.74 Å². The van der Waals surface area contributed by atoms with Crippen molar-refractivity contribution in [3.8, 4) is 11.5 Å². The number of halogens is 1. The Morgan fingerprint density at radius 1 is 1.06 bits per heavy atom. The van der Waals surface area contributed by atoms with E-state index in [9.17, 15) is 18.8 Å². The molecule has 0 atom stereocenters. The van der Waals surface area contributed by atoms with Gasteiger partial charge in [0.25, 0.3) is 17.4 Å². The maximum absolute atomic E-state index is 14.4. The van der Waals surface area contributed by atoms with Crippen molar-refractivity contribution in [1.29, 1.82) is 0 Å². The third-order valence-electron chi connectivity index (χ3n) is 5.08. The second kappa shape index (κ2) is 10.6. The third-order valence-corrected chi connectivity index (χ3v) is 5.08. The van der Waals surface area contributed by atoms with E-state index >= 15 is 0 Å². The highest BCUT2D eigenvalue weighted by molar-refractivity contribution is 6.05. The van der Waals surface area contributed by atoms with E-state index in [2.05, 4.69) is 20.9 Å². The van der Waals surface area contributed by atoms with E-state index in [1.54, 1.807) is 62.5 Å². The molecule has 182 valence electrons. The summed E-state index contributed by atoms with van der Waals surface area (Å²) >= 11 is 0. The van der Waals surface area contributed by atoms with Crippen molar-refractivity contribution in [3.63, 3.8) is 0 Å². The number of fused-ring (bicyclic) bond motifs is 1. The van der Waals surface area contributed by atoms with Crippen LogP contribution in [0.25, 0.3) is 16.8 Å². The van der Waals surface area contributed by atoms with Gasteiger partial charge in [-0.1, -0.05) is 24.3 Å². The van der Waals surface area contributed by atoms with Gasteiger partial charge in [0.15, 0.2) is 17.3 Å². The lowest BCUT2D eigenvalue weighted by Gasteiger charge is -2.13. The van der Waals surface area contributed by atoms with E-state index in [0.717, 1.165) is 6.08 Å². The molecule has 9 nitrogen and oxygen atoms in total. The Balaban J connectivity index is 1.43. The number of nitrogens with one attached hydrogen (secondary N) is 2. The molecule has 10 heteroatoms. The Bertz CT molecular complexity index is 1520. The number of pyridine rings is 1. The average Bonchev–Trinajstić information content (AvgIpc) is 2.88. The highest BCUT2D eigenvalue weighted by atomic mass is 19.1. The molecule has 0 aliphatic heterocycles. The van der Waals surface area contributed by atoms with Crippen molar-refractivity contribution in [2.24, 2.45) is 0 Å². The molecule has 4 aromatic rings. The molecule has 2 amide bonds. The van der Waals surface area contributed by atoms with E-state index in [0.29, 0.717) is 22.1 Å². The molecule has 0 bridgehead atoms. The molecule has 36 heavy (non-hydrogen) atoms. The normalized spacial score (nSPS) is 11.1. The minimum atomic E-state index is -0.690. The van der Waals surface area contributed by atoms with Crippen molar-refractivity contribution in [2.45, 2.75) is 19.9 Å². The summed E-state index contributed by atoms with van der Waals surface area (Å²) in [6.07, 6.45) is 5.55. The maximum Gasteiger partial charge on any atom is 0.290 e. The lowest BCUT2D eigenvalue weighted by Crippen LogP contribution is -2.42. The second-order valence-electron chi connectivity index (χ2n) is 8.00. The Hall–Kier alpha value is -4.86. The first-order valence-corrected chi connectivity index (χ1v) is 11.0. The van der Waals surface area contributed by atoms with Crippen LogP contribution in [0.2, 0.25) is 0 Å². The minimum Gasteiger partial charge on any atom is -0.453 e. The molecule has 4 rings (SSSR count). The Kier molecular flexibility index (Phi) is 7.15. The summed E-state index contributed by atoms with van der Waals surface area (Å²) < 4.78 is 21.0. The number of hydrogen-bond acceptors (Lipinski definition) is 6. The van der Waals surface area contributed by atoms with Gasteiger partial charge in [0.2, 0.25) is 0 Å². The van der Waals surface area contributed by atoms with E-state index in [1.807, 2.05) is 0 Å². The van der Waals surface area contributed by atoms with Crippen molar-refractivity contribution < 1.29 is 18.7 Å². The Morgan fingerprint density at radius 3 is 2.53 bits per heavy atom. The zero-order valence-corrected chi connectivity index (χ0v) is 19.4. The molecule has 2 N–H and O–H groups in total. The number of hydrazine groups is 1. The highest BCUT2D eigenvalue weighted by Crippen LogP contribution is 2.24. The topological polar surface area (TPSA) is 115 Å². The van der Waals surface area contributed by atoms with Gasteiger partial charge in [-0.25, -0.2) is 9.07 Å². The summed E-state index contributed by atoms with van der Waals surface area (Å²) in [4.78, 5) is 41.5. The predicted octanol–water partition coefficient (Wildman–Crippen LogP) is 3.78. The predicted molar refractivity (Wildman–Crippen MR) is 132 cm³/mol. The lowest BCUT2D eigenvalue weighted by atomic mass is 10.1. The van der Waals surface area contributed by atoms with Crippen LogP contribution in [0.1, 0.15) is 35.9 Å². The number of aromatic nitrogens is 3. The fourth-order valence-electron chi connectivity index (χ4n) is 3.35. The molecule has 0 spiro atoms. The van der Waals surface area contributed by atoms with E-state index in [4.69, 9.17) is 4.74 Å². The van der Waals surface area contributed by atoms with Crippen LogP contribution >= 0.6 is 0 Å². The number of rotatable bonds is 6. The van der Waals surface area contributed by atoms with Gasteiger partial charge >= 0.3 is 0 Å². The van der Waals surface area contributed by atoms with Crippen LogP contribution < -0.4 is 21.1 Å². The molecule has 0 fully saturated rings.